The molecule has 0 atom stereocenters. The fourth-order valence-corrected chi connectivity index (χ4v) is 3.10. The summed E-state index contributed by atoms with van der Waals surface area (Å²) in [6.45, 7) is 4.47. The lowest BCUT2D eigenvalue weighted by Gasteiger charge is -2.15. The monoisotopic (exact) mass is 281 g/mol. The number of hydrogen-bond donors (Lipinski definition) is 1. The maximum absolute atomic E-state index is 6.17. The van der Waals surface area contributed by atoms with Crippen molar-refractivity contribution in [3.63, 3.8) is 0 Å². The number of halogens is 1. The second-order valence-corrected chi connectivity index (χ2v) is 6.07. The van der Waals surface area contributed by atoms with Crippen LogP contribution < -0.4 is 14.8 Å². The minimum Gasteiger partial charge on any atom is -0.454 e. The Labute approximate surface area is 119 Å². The fraction of sp³-hybridized carbons (Fsp3) is 0.600. The first-order valence-electron chi connectivity index (χ1n) is 7.01. The van der Waals surface area contributed by atoms with E-state index in [1.807, 2.05) is 12.1 Å². The molecular weight excluding hydrogens is 262 g/mol. The number of benzene rings is 1. The zero-order valence-corrected chi connectivity index (χ0v) is 12.1. The zero-order chi connectivity index (χ0) is 13.3. The number of fused-ring (bicyclic) bond motifs is 1. The first-order valence-corrected chi connectivity index (χ1v) is 7.39. The van der Waals surface area contributed by atoms with Crippen molar-refractivity contribution >= 4 is 11.6 Å². The van der Waals surface area contributed by atoms with Crippen molar-refractivity contribution in [3.8, 4) is 11.5 Å². The van der Waals surface area contributed by atoms with Crippen LogP contribution >= 0.6 is 11.6 Å². The van der Waals surface area contributed by atoms with Gasteiger partial charge in [-0.3, -0.25) is 0 Å². The summed E-state index contributed by atoms with van der Waals surface area (Å²) in [4.78, 5) is 0. The Morgan fingerprint density at radius 1 is 1.32 bits per heavy atom. The lowest BCUT2D eigenvalue weighted by molar-refractivity contribution is 0.174. The minimum atomic E-state index is 0.269. The molecule has 2 aliphatic rings. The Kier molecular flexibility index (Phi) is 3.59. The third-order valence-electron chi connectivity index (χ3n) is 4.05. The van der Waals surface area contributed by atoms with Gasteiger partial charge < -0.3 is 14.8 Å². The van der Waals surface area contributed by atoms with Crippen LogP contribution in [0.5, 0.6) is 11.5 Å². The maximum atomic E-state index is 6.17. The van der Waals surface area contributed by atoms with Crippen LogP contribution in [0.15, 0.2) is 12.1 Å². The van der Waals surface area contributed by atoms with E-state index in [0.717, 1.165) is 24.4 Å². The molecule has 3 rings (SSSR count). The van der Waals surface area contributed by atoms with E-state index in [9.17, 15) is 0 Å². The highest BCUT2D eigenvalue weighted by molar-refractivity contribution is 6.32. The Balaban J connectivity index is 1.57. The molecule has 19 heavy (non-hydrogen) atoms. The standard InChI is InChI=1S/C15H20ClNO2/c1-2-3-15(4-5-15)9-17-8-11-6-12(16)14-13(7-11)18-10-19-14/h6-7,17H,2-5,8-10H2,1H3. The van der Waals surface area contributed by atoms with E-state index in [4.69, 9.17) is 21.1 Å². The Bertz CT molecular complexity index is 471. The molecule has 4 heteroatoms. The number of rotatable bonds is 6. The summed E-state index contributed by atoms with van der Waals surface area (Å²) in [5, 5.41) is 4.19. The SMILES string of the molecule is CCCC1(CNCc2cc(Cl)c3c(c2)OCO3)CC1. The van der Waals surface area contributed by atoms with Crippen LogP contribution in [0.1, 0.15) is 38.2 Å². The van der Waals surface area contributed by atoms with Crippen molar-refractivity contribution in [1.29, 1.82) is 0 Å². The quantitative estimate of drug-likeness (QED) is 0.862. The van der Waals surface area contributed by atoms with E-state index in [1.54, 1.807) is 0 Å². The molecule has 1 saturated carbocycles. The molecule has 0 radical (unpaired) electrons. The molecule has 0 saturated heterocycles. The van der Waals surface area contributed by atoms with Crippen LogP contribution in [0, 0.1) is 5.41 Å². The van der Waals surface area contributed by atoms with Gasteiger partial charge in [-0.2, -0.15) is 0 Å². The lowest BCUT2D eigenvalue weighted by atomic mass is 10.0. The van der Waals surface area contributed by atoms with E-state index in [0.29, 0.717) is 16.2 Å². The van der Waals surface area contributed by atoms with E-state index >= 15 is 0 Å². The van der Waals surface area contributed by atoms with Gasteiger partial charge in [-0.05, 0) is 42.4 Å². The van der Waals surface area contributed by atoms with Gasteiger partial charge in [0.1, 0.15) is 0 Å². The van der Waals surface area contributed by atoms with Gasteiger partial charge in [-0.1, -0.05) is 24.9 Å². The van der Waals surface area contributed by atoms with Gasteiger partial charge in [0.2, 0.25) is 6.79 Å². The van der Waals surface area contributed by atoms with Crippen molar-refractivity contribution in [2.45, 2.75) is 39.2 Å². The van der Waals surface area contributed by atoms with Gasteiger partial charge in [-0.25, -0.2) is 0 Å². The maximum Gasteiger partial charge on any atom is 0.231 e. The first-order chi connectivity index (χ1) is 9.22. The van der Waals surface area contributed by atoms with Crippen LogP contribution in [0.25, 0.3) is 0 Å². The second-order valence-electron chi connectivity index (χ2n) is 5.66. The molecular formula is C15H20ClNO2. The molecule has 1 aliphatic carbocycles. The normalized spacial score (nSPS) is 18.6. The summed E-state index contributed by atoms with van der Waals surface area (Å²) in [7, 11) is 0. The van der Waals surface area contributed by atoms with Crippen molar-refractivity contribution in [3.05, 3.63) is 22.7 Å². The zero-order valence-electron chi connectivity index (χ0n) is 11.3. The van der Waals surface area contributed by atoms with E-state index in [1.165, 1.54) is 25.7 Å². The van der Waals surface area contributed by atoms with Gasteiger partial charge in [0.05, 0.1) is 5.02 Å². The smallest absolute Gasteiger partial charge is 0.231 e. The van der Waals surface area contributed by atoms with Crippen molar-refractivity contribution in [1.82, 2.24) is 5.32 Å². The largest absolute Gasteiger partial charge is 0.454 e. The molecule has 3 nitrogen and oxygen atoms in total. The average molecular weight is 282 g/mol. The number of nitrogens with one attached hydrogen (secondary N) is 1. The van der Waals surface area contributed by atoms with Gasteiger partial charge >= 0.3 is 0 Å². The Morgan fingerprint density at radius 3 is 2.89 bits per heavy atom. The van der Waals surface area contributed by atoms with E-state index < -0.39 is 0 Å². The molecule has 1 fully saturated rings. The third kappa shape index (κ3) is 2.82. The first kappa shape index (κ1) is 13.1. The lowest BCUT2D eigenvalue weighted by Crippen LogP contribution is -2.23. The van der Waals surface area contributed by atoms with Crippen molar-refractivity contribution in [2.24, 2.45) is 5.41 Å². The predicted octanol–water partition coefficient (Wildman–Crippen LogP) is 3.74. The van der Waals surface area contributed by atoms with Crippen LogP contribution in [-0.2, 0) is 6.54 Å². The molecule has 1 N–H and O–H groups in total. The van der Waals surface area contributed by atoms with E-state index in [2.05, 4.69) is 12.2 Å². The minimum absolute atomic E-state index is 0.269. The van der Waals surface area contributed by atoms with Crippen LogP contribution in [0.2, 0.25) is 5.02 Å². The number of ether oxygens (including phenoxy) is 2. The highest BCUT2D eigenvalue weighted by Crippen LogP contribution is 2.49. The molecule has 1 aliphatic heterocycles. The topological polar surface area (TPSA) is 30.5 Å². The van der Waals surface area contributed by atoms with Gasteiger partial charge in [0.25, 0.3) is 0 Å². The fourth-order valence-electron chi connectivity index (χ4n) is 2.82. The highest BCUT2D eigenvalue weighted by atomic mass is 35.5. The van der Waals surface area contributed by atoms with Gasteiger partial charge in [0, 0.05) is 13.1 Å². The Hall–Kier alpha value is -0.930. The number of hydrogen-bond acceptors (Lipinski definition) is 3. The summed E-state index contributed by atoms with van der Waals surface area (Å²) >= 11 is 6.17. The molecule has 104 valence electrons. The molecule has 1 aromatic rings. The van der Waals surface area contributed by atoms with Gasteiger partial charge in [0.15, 0.2) is 11.5 Å². The van der Waals surface area contributed by atoms with Crippen LogP contribution in [0.4, 0.5) is 0 Å². The summed E-state index contributed by atoms with van der Waals surface area (Å²) in [5.74, 6) is 1.44. The van der Waals surface area contributed by atoms with Gasteiger partial charge in [-0.15, -0.1) is 0 Å². The summed E-state index contributed by atoms with van der Waals surface area (Å²) in [6.07, 6.45) is 5.35. The van der Waals surface area contributed by atoms with E-state index in [-0.39, 0.29) is 6.79 Å². The molecule has 0 bridgehead atoms. The third-order valence-corrected chi connectivity index (χ3v) is 4.33. The van der Waals surface area contributed by atoms with Crippen molar-refractivity contribution in [2.75, 3.05) is 13.3 Å². The predicted molar refractivity (Wildman–Crippen MR) is 75.9 cm³/mol. The molecule has 0 spiro atoms. The summed E-state index contributed by atoms with van der Waals surface area (Å²) in [5.41, 5.74) is 1.73. The average Bonchev–Trinajstić information content (AvgIpc) is 2.97. The Morgan fingerprint density at radius 2 is 2.16 bits per heavy atom. The molecule has 0 unspecified atom stereocenters. The summed E-state index contributed by atoms with van der Waals surface area (Å²) < 4.78 is 10.7. The molecule has 0 amide bonds. The highest BCUT2D eigenvalue weighted by Gasteiger charge is 2.40. The molecule has 1 heterocycles. The molecule has 0 aromatic heterocycles. The van der Waals surface area contributed by atoms with Crippen molar-refractivity contribution < 1.29 is 9.47 Å². The summed E-state index contributed by atoms with van der Waals surface area (Å²) in [6, 6.07) is 3.97. The van der Waals surface area contributed by atoms with Crippen LogP contribution in [0.3, 0.4) is 0 Å². The molecule has 1 aromatic carbocycles. The van der Waals surface area contributed by atoms with Crippen LogP contribution in [-0.4, -0.2) is 13.3 Å². The second kappa shape index (κ2) is 5.22.